The third-order valence-corrected chi connectivity index (χ3v) is 3.29. The van der Waals surface area contributed by atoms with Crippen LogP contribution >= 0.6 is 0 Å². The first-order valence-electron chi connectivity index (χ1n) is 8.18. The lowest BCUT2D eigenvalue weighted by Crippen LogP contribution is -2.38. The molecular weight excluding hydrogens is 290 g/mol. The highest BCUT2D eigenvalue weighted by atomic mass is 16.5. The highest BCUT2D eigenvalue weighted by molar-refractivity contribution is 5.79. The molecule has 130 valence electrons. The normalized spacial score (nSPS) is 11.7. The van der Waals surface area contributed by atoms with Crippen molar-refractivity contribution in [3.63, 3.8) is 0 Å². The zero-order valence-corrected chi connectivity index (χ0v) is 15.1. The maximum atomic E-state index is 5.58. The quantitative estimate of drug-likeness (QED) is 0.413. The Labute approximate surface area is 140 Å². The van der Waals surface area contributed by atoms with Gasteiger partial charge in [-0.3, -0.25) is 4.99 Å². The number of ether oxygens (including phenoxy) is 1. The van der Waals surface area contributed by atoms with Crippen molar-refractivity contribution in [1.29, 1.82) is 0 Å². The molecule has 6 heteroatoms. The fourth-order valence-electron chi connectivity index (χ4n) is 1.87. The van der Waals surface area contributed by atoms with E-state index in [-0.39, 0.29) is 0 Å². The zero-order valence-electron chi connectivity index (χ0n) is 15.1. The molecule has 0 saturated heterocycles. The summed E-state index contributed by atoms with van der Waals surface area (Å²) in [6.07, 6.45) is 1.10. The van der Waals surface area contributed by atoms with E-state index in [2.05, 4.69) is 34.5 Å². The van der Waals surface area contributed by atoms with Gasteiger partial charge in [-0.15, -0.1) is 0 Å². The average Bonchev–Trinajstić information content (AvgIpc) is 2.53. The summed E-state index contributed by atoms with van der Waals surface area (Å²) in [6.45, 7) is 7.27. The van der Waals surface area contributed by atoms with Crippen LogP contribution in [-0.4, -0.2) is 51.8 Å². The van der Waals surface area contributed by atoms with Crippen molar-refractivity contribution in [2.24, 2.45) is 10.9 Å². The third-order valence-electron chi connectivity index (χ3n) is 3.29. The van der Waals surface area contributed by atoms with Gasteiger partial charge in [0.2, 0.25) is 0 Å². The molecule has 0 spiro atoms. The van der Waals surface area contributed by atoms with Gasteiger partial charge in [0.15, 0.2) is 5.96 Å². The summed E-state index contributed by atoms with van der Waals surface area (Å²) < 4.78 is 5.58. The summed E-state index contributed by atoms with van der Waals surface area (Å²) in [5.41, 5.74) is 0.979. The fraction of sp³-hybridized carbons (Fsp3) is 0.647. The largest absolute Gasteiger partial charge is 0.380 e. The topological polar surface area (TPSA) is 61.8 Å². The van der Waals surface area contributed by atoms with Gasteiger partial charge in [-0.05, 0) is 24.5 Å². The van der Waals surface area contributed by atoms with Crippen LogP contribution in [0.25, 0.3) is 0 Å². The van der Waals surface area contributed by atoms with Crippen molar-refractivity contribution in [1.82, 2.24) is 15.6 Å². The Hall–Kier alpha value is -1.82. The summed E-state index contributed by atoms with van der Waals surface area (Å²) in [5, 5.41) is 6.50. The van der Waals surface area contributed by atoms with Crippen LogP contribution in [0.4, 0.5) is 5.82 Å². The van der Waals surface area contributed by atoms with Gasteiger partial charge in [0.1, 0.15) is 5.82 Å². The Balaban J connectivity index is 2.27. The summed E-state index contributed by atoms with van der Waals surface area (Å²) >= 11 is 0. The van der Waals surface area contributed by atoms with E-state index in [4.69, 9.17) is 4.74 Å². The highest BCUT2D eigenvalue weighted by Crippen LogP contribution is 2.07. The van der Waals surface area contributed by atoms with Gasteiger partial charge in [-0.2, -0.15) is 0 Å². The molecule has 23 heavy (non-hydrogen) atoms. The minimum Gasteiger partial charge on any atom is -0.380 e. The fourth-order valence-corrected chi connectivity index (χ4v) is 1.87. The van der Waals surface area contributed by atoms with Gasteiger partial charge in [0, 0.05) is 34.3 Å². The number of guanidine groups is 1. The van der Waals surface area contributed by atoms with Crippen LogP contribution in [0.5, 0.6) is 0 Å². The molecule has 2 N–H and O–H groups in total. The van der Waals surface area contributed by atoms with Crippen molar-refractivity contribution in [2.75, 3.05) is 45.8 Å². The molecule has 0 aliphatic carbocycles. The number of nitrogens with one attached hydrogen (secondary N) is 2. The van der Waals surface area contributed by atoms with Crippen molar-refractivity contribution >= 4 is 11.8 Å². The lowest BCUT2D eigenvalue weighted by Gasteiger charge is -2.14. The predicted octanol–water partition coefficient (Wildman–Crippen LogP) is 1.88. The van der Waals surface area contributed by atoms with Gasteiger partial charge in [-0.25, -0.2) is 4.98 Å². The first-order valence-corrected chi connectivity index (χ1v) is 8.18. The molecule has 0 aliphatic heterocycles. The van der Waals surface area contributed by atoms with Crippen molar-refractivity contribution in [3.05, 3.63) is 23.9 Å². The lowest BCUT2D eigenvalue weighted by molar-refractivity contribution is 0.128. The molecular formula is C17H31N5O. The van der Waals surface area contributed by atoms with Crippen LogP contribution in [0.3, 0.4) is 0 Å². The summed E-state index contributed by atoms with van der Waals surface area (Å²) in [6, 6.07) is 6.01. The maximum absolute atomic E-state index is 5.58. The second-order valence-electron chi connectivity index (χ2n) is 6.03. The number of aromatic nitrogens is 1. The number of anilines is 1. The molecule has 1 aromatic heterocycles. The molecule has 0 aromatic carbocycles. The van der Waals surface area contributed by atoms with E-state index in [0.717, 1.165) is 37.0 Å². The van der Waals surface area contributed by atoms with E-state index in [0.29, 0.717) is 19.1 Å². The SMILES string of the molecule is CN=C(NCCOCCC(C)C)NCc1cccc(N(C)C)n1. The predicted molar refractivity (Wildman–Crippen MR) is 97.0 cm³/mol. The van der Waals surface area contributed by atoms with Crippen LogP contribution in [0.2, 0.25) is 0 Å². The van der Waals surface area contributed by atoms with E-state index in [1.54, 1.807) is 7.05 Å². The van der Waals surface area contributed by atoms with Crippen LogP contribution in [-0.2, 0) is 11.3 Å². The second kappa shape index (κ2) is 10.8. The Morgan fingerprint density at radius 3 is 2.70 bits per heavy atom. The standard InChI is InChI=1S/C17H31N5O/c1-14(2)9-11-23-12-10-19-17(18-3)20-13-15-7-6-8-16(21-15)22(4)5/h6-8,14H,9-13H2,1-5H3,(H2,18,19,20). The maximum Gasteiger partial charge on any atom is 0.191 e. The molecule has 0 saturated carbocycles. The van der Waals surface area contributed by atoms with Crippen LogP contribution in [0.15, 0.2) is 23.2 Å². The van der Waals surface area contributed by atoms with Crippen molar-refractivity contribution < 1.29 is 4.74 Å². The number of pyridine rings is 1. The molecule has 0 bridgehead atoms. The number of hydrogen-bond donors (Lipinski definition) is 2. The second-order valence-corrected chi connectivity index (χ2v) is 6.03. The minimum absolute atomic E-state index is 0.634. The van der Waals surface area contributed by atoms with Crippen LogP contribution < -0.4 is 15.5 Å². The molecule has 0 amide bonds. The van der Waals surface area contributed by atoms with E-state index >= 15 is 0 Å². The van der Waals surface area contributed by atoms with Crippen molar-refractivity contribution in [3.8, 4) is 0 Å². The minimum atomic E-state index is 0.634. The molecule has 6 nitrogen and oxygen atoms in total. The monoisotopic (exact) mass is 321 g/mol. The van der Waals surface area contributed by atoms with E-state index in [1.807, 2.05) is 37.2 Å². The summed E-state index contributed by atoms with van der Waals surface area (Å²) in [4.78, 5) is 10.8. The molecule has 0 atom stereocenters. The average molecular weight is 321 g/mol. The van der Waals surface area contributed by atoms with E-state index < -0.39 is 0 Å². The Morgan fingerprint density at radius 1 is 1.26 bits per heavy atom. The molecule has 0 unspecified atom stereocenters. The summed E-state index contributed by atoms with van der Waals surface area (Å²) in [5.74, 6) is 2.39. The first-order chi connectivity index (χ1) is 11.0. The number of nitrogens with zero attached hydrogens (tertiary/aromatic N) is 3. The van der Waals surface area contributed by atoms with E-state index in [1.165, 1.54) is 0 Å². The van der Waals surface area contributed by atoms with E-state index in [9.17, 15) is 0 Å². The van der Waals surface area contributed by atoms with Gasteiger partial charge < -0.3 is 20.3 Å². The smallest absolute Gasteiger partial charge is 0.191 e. The Kier molecular flexibility index (Phi) is 9.05. The Bertz CT molecular complexity index is 474. The molecule has 0 fully saturated rings. The Morgan fingerprint density at radius 2 is 2.04 bits per heavy atom. The highest BCUT2D eigenvalue weighted by Gasteiger charge is 2.02. The van der Waals surface area contributed by atoms with Crippen LogP contribution in [0, 0.1) is 5.92 Å². The third kappa shape index (κ3) is 8.40. The van der Waals surface area contributed by atoms with Gasteiger partial charge >= 0.3 is 0 Å². The molecule has 0 radical (unpaired) electrons. The number of hydrogen-bond acceptors (Lipinski definition) is 4. The van der Waals surface area contributed by atoms with Gasteiger partial charge in [0.05, 0.1) is 18.8 Å². The molecule has 1 rings (SSSR count). The van der Waals surface area contributed by atoms with Crippen molar-refractivity contribution in [2.45, 2.75) is 26.8 Å². The summed E-state index contributed by atoms with van der Waals surface area (Å²) in [7, 11) is 5.73. The number of aliphatic imine (C=N–C) groups is 1. The first kappa shape index (κ1) is 19.2. The number of rotatable bonds is 9. The molecule has 0 aliphatic rings. The van der Waals surface area contributed by atoms with Gasteiger partial charge in [-0.1, -0.05) is 19.9 Å². The van der Waals surface area contributed by atoms with Gasteiger partial charge in [0.25, 0.3) is 0 Å². The zero-order chi connectivity index (χ0) is 17.1. The van der Waals surface area contributed by atoms with Crippen LogP contribution in [0.1, 0.15) is 26.0 Å². The molecule has 1 heterocycles. The molecule has 1 aromatic rings. The lowest BCUT2D eigenvalue weighted by atomic mass is 10.1.